The third-order valence-electron chi connectivity index (χ3n) is 4.50. The highest BCUT2D eigenvalue weighted by atomic mass is 16.5. The lowest BCUT2D eigenvalue weighted by molar-refractivity contribution is -0.131. The van der Waals surface area contributed by atoms with Crippen molar-refractivity contribution in [3.63, 3.8) is 0 Å². The van der Waals surface area contributed by atoms with E-state index in [1.54, 1.807) is 55.1 Å². The van der Waals surface area contributed by atoms with Crippen molar-refractivity contribution < 1.29 is 19.4 Å². The molecule has 8 nitrogen and oxygen atoms in total. The Morgan fingerprint density at radius 2 is 1.77 bits per heavy atom. The number of carboxylic acid groups (broad SMARTS) is 1. The summed E-state index contributed by atoms with van der Waals surface area (Å²) in [7, 11) is 1.74. The number of nitrogens with one attached hydrogen (secondary N) is 1. The predicted octanol–water partition coefficient (Wildman–Crippen LogP) is 2.60. The van der Waals surface area contributed by atoms with E-state index in [1.807, 2.05) is 18.2 Å². The van der Waals surface area contributed by atoms with Gasteiger partial charge in [-0.15, -0.1) is 0 Å². The zero-order chi connectivity index (χ0) is 21.7. The molecule has 0 spiro atoms. The Bertz CT molecular complexity index is 1160. The summed E-state index contributed by atoms with van der Waals surface area (Å²) in [5.41, 5.74) is 1.63. The molecule has 1 amide bonds. The summed E-state index contributed by atoms with van der Waals surface area (Å²) < 4.78 is 8.67. The maximum Gasteiger partial charge on any atom is 0.328 e. The molecule has 0 saturated heterocycles. The monoisotopic (exact) mass is 407 g/mol. The number of ether oxygens (including phenoxy) is 1. The van der Waals surface area contributed by atoms with E-state index in [0.29, 0.717) is 22.7 Å². The van der Waals surface area contributed by atoms with Gasteiger partial charge >= 0.3 is 5.97 Å². The first kappa shape index (κ1) is 20.7. The van der Waals surface area contributed by atoms with Crippen molar-refractivity contribution >= 4 is 23.6 Å². The third kappa shape index (κ3) is 4.49. The summed E-state index contributed by atoms with van der Waals surface area (Å²) in [5, 5.41) is 11.4. The Kier molecular flexibility index (Phi) is 6.17. The van der Waals surface area contributed by atoms with E-state index in [1.165, 1.54) is 10.8 Å². The number of hydrogen-bond acceptors (Lipinski definition) is 4. The van der Waals surface area contributed by atoms with Crippen molar-refractivity contribution in [3.8, 4) is 11.4 Å². The molecule has 0 radical (unpaired) electrons. The smallest absolute Gasteiger partial charge is 0.328 e. The number of carbonyl (C=O) groups is 2. The second-order valence-electron chi connectivity index (χ2n) is 6.48. The van der Waals surface area contributed by atoms with Crippen LogP contribution in [0.5, 0.6) is 5.75 Å². The Balaban J connectivity index is 1.76. The molecule has 3 aromatic rings. The van der Waals surface area contributed by atoms with Crippen molar-refractivity contribution in [2.24, 2.45) is 7.05 Å². The minimum atomic E-state index is -1.09. The van der Waals surface area contributed by atoms with Gasteiger partial charge in [0.15, 0.2) is 6.61 Å². The molecule has 3 rings (SSSR count). The van der Waals surface area contributed by atoms with E-state index in [0.717, 1.165) is 6.08 Å². The number of aromatic nitrogens is 2. The maximum absolute atomic E-state index is 12.8. The van der Waals surface area contributed by atoms with Crippen LogP contribution in [-0.2, 0) is 16.6 Å². The van der Waals surface area contributed by atoms with Crippen molar-refractivity contribution in [2.45, 2.75) is 6.92 Å². The van der Waals surface area contributed by atoms with Gasteiger partial charge in [0, 0.05) is 18.7 Å². The maximum atomic E-state index is 12.8. The van der Waals surface area contributed by atoms with Crippen LogP contribution in [0.15, 0.2) is 65.5 Å². The average molecular weight is 407 g/mol. The molecule has 0 fully saturated rings. The zero-order valence-corrected chi connectivity index (χ0v) is 16.5. The summed E-state index contributed by atoms with van der Waals surface area (Å²) in [6.45, 7) is 1.40. The number of aliphatic carboxylic acids is 1. The molecule has 0 saturated carbocycles. The molecule has 0 atom stereocenters. The van der Waals surface area contributed by atoms with Gasteiger partial charge in [-0.3, -0.25) is 14.3 Å². The SMILES string of the molecule is Cc1c(NC(=O)COc2ccccc2C=CC(=O)O)c(=O)n(-c2ccccc2)n1C. The average Bonchev–Trinajstić information content (AvgIpc) is 2.95. The van der Waals surface area contributed by atoms with Crippen molar-refractivity contribution in [2.75, 3.05) is 11.9 Å². The Morgan fingerprint density at radius 3 is 2.47 bits per heavy atom. The fourth-order valence-electron chi connectivity index (χ4n) is 2.94. The molecule has 1 aromatic heterocycles. The molecule has 0 aliphatic rings. The minimum absolute atomic E-state index is 0.175. The second kappa shape index (κ2) is 8.95. The number of carbonyl (C=O) groups excluding carboxylic acids is 1. The van der Waals surface area contributed by atoms with Gasteiger partial charge in [0.25, 0.3) is 11.5 Å². The van der Waals surface area contributed by atoms with Crippen LogP contribution in [-0.4, -0.2) is 33.0 Å². The highest BCUT2D eigenvalue weighted by molar-refractivity contribution is 5.92. The van der Waals surface area contributed by atoms with Crippen molar-refractivity contribution in [1.29, 1.82) is 0 Å². The lowest BCUT2D eigenvalue weighted by Gasteiger charge is -2.09. The van der Waals surface area contributed by atoms with E-state index < -0.39 is 11.9 Å². The van der Waals surface area contributed by atoms with E-state index >= 15 is 0 Å². The van der Waals surface area contributed by atoms with Gasteiger partial charge in [-0.1, -0.05) is 36.4 Å². The summed E-state index contributed by atoms with van der Waals surface area (Å²) in [6, 6.07) is 15.9. The van der Waals surface area contributed by atoms with Gasteiger partial charge in [0.1, 0.15) is 11.4 Å². The molecule has 0 unspecified atom stereocenters. The molecular weight excluding hydrogens is 386 g/mol. The first-order chi connectivity index (χ1) is 14.4. The van der Waals surface area contributed by atoms with Gasteiger partial charge in [-0.25, -0.2) is 9.48 Å². The van der Waals surface area contributed by atoms with E-state index in [9.17, 15) is 14.4 Å². The molecule has 2 N–H and O–H groups in total. The lowest BCUT2D eigenvalue weighted by atomic mass is 10.2. The minimum Gasteiger partial charge on any atom is -0.483 e. The van der Waals surface area contributed by atoms with Crippen molar-refractivity contribution in [1.82, 2.24) is 9.36 Å². The van der Waals surface area contributed by atoms with Crippen LogP contribution in [0.25, 0.3) is 11.8 Å². The molecule has 2 aromatic carbocycles. The fraction of sp³-hybridized carbons (Fsp3) is 0.136. The Hall–Kier alpha value is -4.07. The highest BCUT2D eigenvalue weighted by Gasteiger charge is 2.18. The van der Waals surface area contributed by atoms with Gasteiger partial charge in [0.05, 0.1) is 11.4 Å². The molecule has 154 valence electrons. The van der Waals surface area contributed by atoms with Crippen LogP contribution in [0.3, 0.4) is 0 Å². The van der Waals surface area contributed by atoms with Crippen LogP contribution in [0.4, 0.5) is 5.69 Å². The number of anilines is 1. The fourth-order valence-corrected chi connectivity index (χ4v) is 2.94. The molecule has 0 aliphatic heterocycles. The Morgan fingerprint density at radius 1 is 1.10 bits per heavy atom. The molecule has 8 heteroatoms. The van der Waals surface area contributed by atoms with Crippen LogP contribution in [0, 0.1) is 6.92 Å². The second-order valence-corrected chi connectivity index (χ2v) is 6.48. The topological polar surface area (TPSA) is 103 Å². The third-order valence-corrected chi connectivity index (χ3v) is 4.50. The van der Waals surface area contributed by atoms with Crippen LogP contribution < -0.4 is 15.6 Å². The van der Waals surface area contributed by atoms with Gasteiger partial charge in [-0.2, -0.15) is 0 Å². The molecular formula is C22H21N3O5. The summed E-state index contributed by atoms with van der Waals surface area (Å²) in [5.74, 6) is -1.23. The summed E-state index contributed by atoms with van der Waals surface area (Å²) >= 11 is 0. The molecule has 0 bridgehead atoms. The van der Waals surface area contributed by atoms with Crippen LogP contribution in [0.1, 0.15) is 11.3 Å². The number of para-hydroxylation sites is 2. The standard InChI is InChI=1S/C22H21N3O5/c1-15-21(22(29)25(24(15)2)17-9-4-3-5-10-17)23-19(26)14-30-18-11-7-6-8-16(18)12-13-20(27)28/h3-13H,14H2,1-2H3,(H,23,26)(H,27,28). The lowest BCUT2D eigenvalue weighted by Crippen LogP contribution is -2.25. The van der Waals surface area contributed by atoms with Gasteiger partial charge in [0.2, 0.25) is 0 Å². The summed E-state index contributed by atoms with van der Waals surface area (Å²) in [4.78, 5) is 36.0. The van der Waals surface area contributed by atoms with Crippen LogP contribution >= 0.6 is 0 Å². The Labute approximate surface area is 172 Å². The zero-order valence-electron chi connectivity index (χ0n) is 16.5. The number of hydrogen-bond donors (Lipinski definition) is 2. The van der Waals surface area contributed by atoms with Crippen molar-refractivity contribution in [3.05, 3.63) is 82.3 Å². The van der Waals surface area contributed by atoms with Gasteiger partial charge in [-0.05, 0) is 31.2 Å². The number of amides is 1. The van der Waals surface area contributed by atoms with Crippen LogP contribution in [0.2, 0.25) is 0 Å². The molecule has 0 aliphatic carbocycles. The number of rotatable bonds is 7. The number of benzene rings is 2. The van der Waals surface area contributed by atoms with E-state index in [2.05, 4.69) is 5.32 Å². The van der Waals surface area contributed by atoms with Gasteiger partial charge < -0.3 is 15.2 Å². The highest BCUT2D eigenvalue weighted by Crippen LogP contribution is 2.20. The quantitative estimate of drug-likeness (QED) is 0.586. The first-order valence-corrected chi connectivity index (χ1v) is 9.15. The predicted molar refractivity (Wildman–Crippen MR) is 113 cm³/mol. The molecule has 30 heavy (non-hydrogen) atoms. The van der Waals surface area contributed by atoms with E-state index in [-0.39, 0.29) is 17.9 Å². The van der Waals surface area contributed by atoms with E-state index in [4.69, 9.17) is 9.84 Å². The number of carboxylic acids is 1. The summed E-state index contributed by atoms with van der Waals surface area (Å²) in [6.07, 6.45) is 2.37. The normalized spacial score (nSPS) is 10.9. The number of nitrogens with zero attached hydrogens (tertiary/aromatic N) is 2. The first-order valence-electron chi connectivity index (χ1n) is 9.15. The molecule has 1 heterocycles. The largest absolute Gasteiger partial charge is 0.483 e.